The maximum absolute atomic E-state index is 12.7. The zero-order chi connectivity index (χ0) is 20.5. The van der Waals surface area contributed by atoms with Crippen LogP contribution in [0.1, 0.15) is 23.2 Å². The van der Waals surface area contributed by atoms with E-state index < -0.39 is 0 Å². The van der Waals surface area contributed by atoms with E-state index in [0.29, 0.717) is 22.7 Å². The fourth-order valence-electron chi connectivity index (χ4n) is 3.09. The van der Waals surface area contributed by atoms with Crippen molar-refractivity contribution in [3.63, 3.8) is 0 Å². The number of aromatic amines is 1. The molecular weight excluding hydrogens is 404 g/mol. The van der Waals surface area contributed by atoms with Gasteiger partial charge in [-0.3, -0.25) is 14.6 Å². The topological polar surface area (TPSA) is 87.7 Å². The van der Waals surface area contributed by atoms with Crippen molar-refractivity contribution in [2.75, 3.05) is 5.32 Å². The summed E-state index contributed by atoms with van der Waals surface area (Å²) in [7, 11) is 0. The molecule has 0 fully saturated rings. The zero-order valence-electron chi connectivity index (χ0n) is 16.3. The molecule has 1 amide bonds. The van der Waals surface area contributed by atoms with Crippen LogP contribution in [0.5, 0.6) is 0 Å². The molecule has 2 N–H and O–H groups in total. The fourth-order valence-corrected chi connectivity index (χ4v) is 4.89. The summed E-state index contributed by atoms with van der Waals surface area (Å²) in [4.78, 5) is 38.7. The lowest BCUT2D eigenvalue weighted by molar-refractivity contribution is -0.115. The summed E-state index contributed by atoms with van der Waals surface area (Å²) >= 11 is 2.95. The quantitative estimate of drug-likeness (QED) is 0.495. The Balaban J connectivity index is 1.47. The number of anilines is 1. The van der Waals surface area contributed by atoms with Gasteiger partial charge in [-0.05, 0) is 38.5 Å². The van der Waals surface area contributed by atoms with Gasteiger partial charge < -0.3 is 10.3 Å². The van der Waals surface area contributed by atoms with Crippen molar-refractivity contribution in [1.82, 2.24) is 15.0 Å². The Morgan fingerprint density at radius 2 is 2.07 bits per heavy atom. The molecule has 4 rings (SSSR count). The molecule has 148 valence electrons. The number of thioether (sulfide) groups is 1. The van der Waals surface area contributed by atoms with Gasteiger partial charge in [0.2, 0.25) is 5.91 Å². The van der Waals surface area contributed by atoms with Crippen LogP contribution in [-0.2, 0) is 10.5 Å². The highest BCUT2D eigenvalue weighted by molar-refractivity contribution is 7.99. The summed E-state index contributed by atoms with van der Waals surface area (Å²) in [5.74, 6) is 0.920. The molecule has 8 heteroatoms. The second-order valence-electron chi connectivity index (χ2n) is 6.80. The lowest BCUT2D eigenvalue weighted by atomic mass is 10.2. The molecule has 1 unspecified atom stereocenters. The number of fused-ring (bicyclic) bond motifs is 2. The van der Waals surface area contributed by atoms with Crippen molar-refractivity contribution in [2.24, 2.45) is 0 Å². The average molecular weight is 425 g/mol. The number of pyridine rings is 1. The van der Waals surface area contributed by atoms with Gasteiger partial charge in [0.05, 0.1) is 27.6 Å². The van der Waals surface area contributed by atoms with Gasteiger partial charge in [0.15, 0.2) is 0 Å². The smallest absolute Gasteiger partial charge is 0.259 e. The number of hydrogen-bond acceptors (Lipinski definition) is 6. The lowest BCUT2D eigenvalue weighted by Crippen LogP contribution is -2.23. The van der Waals surface area contributed by atoms with E-state index in [2.05, 4.69) is 20.3 Å². The first-order valence-electron chi connectivity index (χ1n) is 9.19. The maximum Gasteiger partial charge on any atom is 0.259 e. The Labute approximate surface area is 175 Å². The van der Waals surface area contributed by atoms with Gasteiger partial charge in [-0.2, -0.15) is 0 Å². The van der Waals surface area contributed by atoms with Crippen LogP contribution in [0.25, 0.3) is 21.1 Å². The number of aromatic nitrogens is 3. The Morgan fingerprint density at radius 1 is 1.28 bits per heavy atom. The summed E-state index contributed by atoms with van der Waals surface area (Å²) in [6, 6.07) is 9.53. The van der Waals surface area contributed by atoms with E-state index >= 15 is 0 Å². The lowest BCUT2D eigenvalue weighted by Gasteiger charge is -2.13. The summed E-state index contributed by atoms with van der Waals surface area (Å²) in [6.45, 7) is 5.77. The van der Waals surface area contributed by atoms with E-state index in [4.69, 9.17) is 0 Å². The van der Waals surface area contributed by atoms with Crippen LogP contribution < -0.4 is 10.9 Å². The number of benzene rings is 1. The number of rotatable bonds is 5. The fraction of sp³-hybridized carbons (Fsp3) is 0.238. The Hall–Kier alpha value is -2.71. The molecule has 3 aromatic heterocycles. The van der Waals surface area contributed by atoms with E-state index in [1.54, 1.807) is 6.20 Å². The Bertz CT molecular complexity index is 1270. The molecule has 1 aromatic carbocycles. The second kappa shape index (κ2) is 7.96. The van der Waals surface area contributed by atoms with E-state index in [0.717, 1.165) is 26.2 Å². The number of hydrogen-bond donors (Lipinski definition) is 2. The summed E-state index contributed by atoms with van der Waals surface area (Å²) < 4.78 is 0. The normalized spacial score (nSPS) is 12.4. The number of amides is 1. The van der Waals surface area contributed by atoms with E-state index in [1.165, 1.54) is 23.1 Å². The number of carbonyl (C=O) groups excluding carboxylic acids is 1. The minimum absolute atomic E-state index is 0.112. The van der Waals surface area contributed by atoms with Crippen molar-refractivity contribution in [2.45, 2.75) is 31.8 Å². The SMILES string of the molecule is Cc1sc2nc(CSC(C)C(=O)Nc3cccc4cccnc34)[nH]c(=O)c2c1C. The zero-order valence-corrected chi connectivity index (χ0v) is 17.9. The van der Waals surface area contributed by atoms with E-state index in [1.807, 2.05) is 51.1 Å². The molecule has 0 aliphatic rings. The van der Waals surface area contributed by atoms with Crippen LogP contribution >= 0.6 is 23.1 Å². The monoisotopic (exact) mass is 424 g/mol. The minimum atomic E-state index is -0.318. The molecule has 0 radical (unpaired) electrons. The number of thiophene rings is 1. The van der Waals surface area contributed by atoms with Gasteiger partial charge in [-0.1, -0.05) is 18.2 Å². The standard InChI is InChI=1S/C21H20N4O2S2/c1-11-12(2)29-21-17(11)20(27)24-16(25-21)10-28-13(3)19(26)23-15-8-4-6-14-7-5-9-22-18(14)15/h4-9,13H,10H2,1-3H3,(H,23,26)(H,24,25,27). The third-order valence-corrected chi connectivity index (χ3v) is 7.07. The predicted octanol–water partition coefficient (Wildman–Crippen LogP) is 4.41. The first kappa shape index (κ1) is 19.6. The third kappa shape index (κ3) is 3.90. The van der Waals surface area contributed by atoms with Gasteiger partial charge in [0.25, 0.3) is 5.56 Å². The van der Waals surface area contributed by atoms with Crippen molar-refractivity contribution < 1.29 is 4.79 Å². The molecule has 6 nitrogen and oxygen atoms in total. The molecule has 0 aliphatic heterocycles. The maximum atomic E-state index is 12.7. The van der Waals surface area contributed by atoms with E-state index in [-0.39, 0.29) is 16.7 Å². The molecule has 0 aliphatic carbocycles. The summed E-state index contributed by atoms with van der Waals surface area (Å²) in [6.07, 6.45) is 1.71. The van der Waals surface area contributed by atoms with Crippen LogP contribution in [0.2, 0.25) is 0 Å². The Kier molecular flexibility index (Phi) is 5.38. The number of para-hydroxylation sites is 1. The highest BCUT2D eigenvalue weighted by Crippen LogP contribution is 2.27. The van der Waals surface area contributed by atoms with Crippen molar-refractivity contribution in [1.29, 1.82) is 0 Å². The number of carbonyl (C=O) groups is 1. The molecule has 29 heavy (non-hydrogen) atoms. The van der Waals surface area contributed by atoms with Crippen molar-refractivity contribution in [3.8, 4) is 0 Å². The molecule has 0 saturated carbocycles. The highest BCUT2D eigenvalue weighted by Gasteiger charge is 2.17. The first-order valence-corrected chi connectivity index (χ1v) is 11.1. The molecule has 0 bridgehead atoms. The third-order valence-electron chi connectivity index (χ3n) is 4.82. The van der Waals surface area contributed by atoms with Gasteiger partial charge in [0.1, 0.15) is 10.7 Å². The van der Waals surface area contributed by atoms with Gasteiger partial charge in [0, 0.05) is 16.5 Å². The highest BCUT2D eigenvalue weighted by atomic mass is 32.2. The van der Waals surface area contributed by atoms with Gasteiger partial charge >= 0.3 is 0 Å². The van der Waals surface area contributed by atoms with Crippen LogP contribution in [0.15, 0.2) is 41.3 Å². The first-order chi connectivity index (χ1) is 13.9. The number of nitrogens with one attached hydrogen (secondary N) is 2. The van der Waals surface area contributed by atoms with Gasteiger partial charge in [-0.15, -0.1) is 23.1 Å². The number of aryl methyl sites for hydroxylation is 2. The average Bonchev–Trinajstić information content (AvgIpc) is 3.00. The molecule has 0 saturated heterocycles. The molecular formula is C21H20N4O2S2. The molecule has 4 aromatic rings. The van der Waals surface area contributed by atoms with Crippen LogP contribution in [0, 0.1) is 13.8 Å². The van der Waals surface area contributed by atoms with Crippen LogP contribution in [-0.4, -0.2) is 26.1 Å². The van der Waals surface area contributed by atoms with Crippen LogP contribution in [0.4, 0.5) is 5.69 Å². The van der Waals surface area contributed by atoms with Crippen LogP contribution in [0.3, 0.4) is 0 Å². The number of H-pyrrole nitrogens is 1. The van der Waals surface area contributed by atoms with Crippen molar-refractivity contribution >= 4 is 55.8 Å². The minimum Gasteiger partial charge on any atom is -0.323 e. The molecule has 3 heterocycles. The largest absolute Gasteiger partial charge is 0.323 e. The molecule has 1 atom stereocenters. The Morgan fingerprint density at radius 3 is 2.90 bits per heavy atom. The van der Waals surface area contributed by atoms with E-state index in [9.17, 15) is 9.59 Å². The summed E-state index contributed by atoms with van der Waals surface area (Å²) in [5.41, 5.74) is 2.32. The second-order valence-corrected chi connectivity index (χ2v) is 9.33. The predicted molar refractivity (Wildman–Crippen MR) is 121 cm³/mol. The number of nitrogens with zero attached hydrogens (tertiary/aromatic N) is 2. The van der Waals surface area contributed by atoms with Crippen molar-refractivity contribution in [3.05, 3.63) is 63.1 Å². The summed E-state index contributed by atoms with van der Waals surface area (Å²) in [5, 5.41) is 4.28. The van der Waals surface area contributed by atoms with Gasteiger partial charge in [-0.25, -0.2) is 4.98 Å². The molecule has 0 spiro atoms.